The van der Waals surface area contributed by atoms with Crippen molar-refractivity contribution >= 4 is 17.9 Å². The van der Waals surface area contributed by atoms with Gasteiger partial charge in [-0.3, -0.25) is 14.5 Å². The number of nitrogens with zero attached hydrogens (tertiary/aromatic N) is 2. The van der Waals surface area contributed by atoms with Gasteiger partial charge in [0, 0.05) is 25.2 Å². The van der Waals surface area contributed by atoms with Crippen LogP contribution >= 0.6 is 0 Å². The van der Waals surface area contributed by atoms with Crippen molar-refractivity contribution in [2.45, 2.75) is 37.8 Å². The van der Waals surface area contributed by atoms with Gasteiger partial charge in [-0.2, -0.15) is 0 Å². The monoisotopic (exact) mass is 345 g/mol. The number of hydrogen-bond acceptors (Lipinski definition) is 3. The van der Waals surface area contributed by atoms with Gasteiger partial charge >= 0.3 is 0 Å². The molecule has 2 amide bonds. The van der Waals surface area contributed by atoms with Crippen LogP contribution in [0.2, 0.25) is 0 Å². The second kappa shape index (κ2) is 7.78. The first kappa shape index (κ1) is 17.6. The van der Waals surface area contributed by atoms with Crippen molar-refractivity contribution in [2.75, 3.05) is 19.6 Å². The van der Waals surface area contributed by atoms with Gasteiger partial charge in [-0.1, -0.05) is 12.1 Å². The predicted molar refractivity (Wildman–Crippen MR) is 94.0 cm³/mol. The molecule has 2 N–H and O–H groups in total. The molecule has 1 aromatic carbocycles. The molecule has 2 heterocycles. The van der Waals surface area contributed by atoms with E-state index in [1.165, 1.54) is 18.2 Å². The fourth-order valence-electron chi connectivity index (χ4n) is 3.80. The van der Waals surface area contributed by atoms with Crippen LogP contribution < -0.4 is 5.73 Å². The van der Waals surface area contributed by atoms with E-state index in [1.54, 1.807) is 18.2 Å². The van der Waals surface area contributed by atoms with E-state index in [9.17, 15) is 14.0 Å². The molecule has 1 unspecified atom stereocenters. The fraction of sp³-hybridized carbons (Fsp3) is 0.474. The summed E-state index contributed by atoms with van der Waals surface area (Å²) in [4.78, 5) is 27.9. The summed E-state index contributed by atoms with van der Waals surface area (Å²) in [6, 6.07) is 6.21. The molecular formula is C19H24FN3O2. The highest BCUT2D eigenvalue weighted by atomic mass is 19.1. The van der Waals surface area contributed by atoms with Crippen LogP contribution in [-0.4, -0.2) is 53.3 Å². The number of hydrogen-bond donors (Lipinski definition) is 1. The van der Waals surface area contributed by atoms with Gasteiger partial charge in [-0.15, -0.1) is 0 Å². The van der Waals surface area contributed by atoms with Gasteiger partial charge in [-0.25, -0.2) is 4.39 Å². The topological polar surface area (TPSA) is 66.6 Å². The van der Waals surface area contributed by atoms with Crippen LogP contribution in [-0.2, 0) is 9.59 Å². The zero-order valence-corrected chi connectivity index (χ0v) is 14.2. The summed E-state index contributed by atoms with van der Waals surface area (Å²) in [6.07, 6.45) is 6.81. The van der Waals surface area contributed by atoms with Gasteiger partial charge in [-0.05, 0) is 56.0 Å². The van der Waals surface area contributed by atoms with Gasteiger partial charge in [0.25, 0.3) is 0 Å². The van der Waals surface area contributed by atoms with Crippen molar-refractivity contribution in [1.82, 2.24) is 9.80 Å². The molecule has 2 aliphatic rings. The van der Waals surface area contributed by atoms with Crippen molar-refractivity contribution in [3.05, 3.63) is 41.7 Å². The molecule has 0 saturated carbocycles. The van der Waals surface area contributed by atoms with Crippen LogP contribution in [0.4, 0.5) is 4.39 Å². The van der Waals surface area contributed by atoms with E-state index >= 15 is 0 Å². The number of halogens is 1. The lowest BCUT2D eigenvalue weighted by Crippen LogP contribution is -2.51. The van der Waals surface area contributed by atoms with Crippen molar-refractivity contribution in [1.29, 1.82) is 0 Å². The highest BCUT2D eigenvalue weighted by Crippen LogP contribution is 2.26. The number of benzene rings is 1. The first-order valence-corrected chi connectivity index (χ1v) is 8.82. The highest BCUT2D eigenvalue weighted by Gasteiger charge is 2.35. The van der Waals surface area contributed by atoms with Crippen LogP contribution in [0.15, 0.2) is 30.3 Å². The number of carbonyl (C=O) groups is 2. The molecule has 3 rings (SSSR count). The SMILES string of the molecule is NC(=O)C1CCCN1C1CCN(C(=O)/C=C/c2ccc(F)cc2)CC1. The average molecular weight is 345 g/mol. The molecule has 25 heavy (non-hydrogen) atoms. The average Bonchev–Trinajstić information content (AvgIpc) is 3.11. The molecule has 2 fully saturated rings. The van der Waals surface area contributed by atoms with E-state index in [4.69, 9.17) is 5.73 Å². The maximum absolute atomic E-state index is 12.9. The summed E-state index contributed by atoms with van der Waals surface area (Å²) in [5.41, 5.74) is 6.29. The molecule has 134 valence electrons. The Morgan fingerprint density at radius 1 is 1.08 bits per heavy atom. The molecule has 1 aromatic rings. The van der Waals surface area contributed by atoms with E-state index < -0.39 is 0 Å². The maximum atomic E-state index is 12.9. The third-order valence-electron chi connectivity index (χ3n) is 5.16. The van der Waals surface area contributed by atoms with Crippen molar-refractivity contribution in [2.24, 2.45) is 5.73 Å². The molecule has 5 nitrogen and oxygen atoms in total. The normalized spacial score (nSPS) is 22.6. The summed E-state index contributed by atoms with van der Waals surface area (Å²) in [5, 5.41) is 0. The van der Waals surface area contributed by atoms with Gasteiger partial charge in [0.2, 0.25) is 11.8 Å². The Bertz CT molecular complexity index is 651. The number of likely N-dealkylation sites (tertiary alicyclic amines) is 2. The summed E-state index contributed by atoms with van der Waals surface area (Å²) < 4.78 is 12.9. The third-order valence-corrected chi connectivity index (χ3v) is 5.16. The van der Waals surface area contributed by atoms with Crippen LogP contribution in [0.1, 0.15) is 31.2 Å². The van der Waals surface area contributed by atoms with Crippen molar-refractivity contribution in [3.63, 3.8) is 0 Å². The lowest BCUT2D eigenvalue weighted by molar-refractivity contribution is -0.129. The minimum absolute atomic E-state index is 0.0318. The van der Waals surface area contributed by atoms with E-state index in [2.05, 4.69) is 4.90 Å². The Balaban J connectivity index is 1.52. The van der Waals surface area contributed by atoms with E-state index in [0.717, 1.165) is 37.8 Å². The number of primary amides is 1. The molecule has 6 heteroatoms. The lowest BCUT2D eigenvalue weighted by Gasteiger charge is -2.38. The standard InChI is InChI=1S/C19H24FN3O2/c20-15-6-3-14(4-7-15)5-8-18(24)22-12-9-16(10-13-22)23-11-1-2-17(23)19(21)25/h3-8,16-17H,1-2,9-13H2,(H2,21,25)/b8-5+. The Kier molecular flexibility index (Phi) is 5.48. The zero-order valence-electron chi connectivity index (χ0n) is 14.2. The third kappa shape index (κ3) is 4.25. The molecule has 2 aliphatic heterocycles. The Labute approximate surface area is 147 Å². The largest absolute Gasteiger partial charge is 0.368 e. The highest BCUT2D eigenvalue weighted by molar-refractivity contribution is 5.91. The van der Waals surface area contributed by atoms with Gasteiger partial charge in [0.15, 0.2) is 0 Å². The Morgan fingerprint density at radius 3 is 2.40 bits per heavy atom. The number of rotatable bonds is 4. The maximum Gasteiger partial charge on any atom is 0.246 e. The summed E-state index contributed by atoms with van der Waals surface area (Å²) >= 11 is 0. The van der Waals surface area contributed by atoms with Crippen LogP contribution in [0, 0.1) is 5.82 Å². The van der Waals surface area contributed by atoms with Crippen LogP contribution in [0.5, 0.6) is 0 Å². The van der Waals surface area contributed by atoms with E-state index in [-0.39, 0.29) is 23.7 Å². The summed E-state index contributed by atoms with van der Waals surface area (Å²) in [7, 11) is 0. The fourth-order valence-corrected chi connectivity index (χ4v) is 3.80. The lowest BCUT2D eigenvalue weighted by atomic mass is 10.0. The second-order valence-corrected chi connectivity index (χ2v) is 6.74. The molecular weight excluding hydrogens is 321 g/mol. The second-order valence-electron chi connectivity index (χ2n) is 6.74. The molecule has 0 aromatic heterocycles. The minimum atomic E-state index is -0.290. The molecule has 1 atom stereocenters. The van der Waals surface area contributed by atoms with E-state index in [0.29, 0.717) is 19.1 Å². The molecule has 0 bridgehead atoms. The first-order chi connectivity index (χ1) is 12.0. The van der Waals surface area contributed by atoms with Crippen molar-refractivity contribution < 1.29 is 14.0 Å². The smallest absolute Gasteiger partial charge is 0.246 e. The number of amides is 2. The first-order valence-electron chi connectivity index (χ1n) is 8.82. The molecule has 0 radical (unpaired) electrons. The van der Waals surface area contributed by atoms with Gasteiger partial charge < -0.3 is 10.6 Å². The number of nitrogens with two attached hydrogens (primary N) is 1. The minimum Gasteiger partial charge on any atom is -0.368 e. The van der Waals surface area contributed by atoms with Crippen LogP contribution in [0.25, 0.3) is 6.08 Å². The van der Waals surface area contributed by atoms with Crippen LogP contribution in [0.3, 0.4) is 0 Å². The van der Waals surface area contributed by atoms with Gasteiger partial charge in [0.05, 0.1) is 6.04 Å². The van der Waals surface area contributed by atoms with E-state index in [1.807, 2.05) is 4.90 Å². The summed E-state index contributed by atoms with van der Waals surface area (Å²) in [5.74, 6) is -0.560. The van der Waals surface area contributed by atoms with Gasteiger partial charge in [0.1, 0.15) is 5.82 Å². The quantitative estimate of drug-likeness (QED) is 0.846. The zero-order chi connectivity index (χ0) is 17.8. The van der Waals surface area contributed by atoms with Crippen molar-refractivity contribution in [3.8, 4) is 0 Å². The molecule has 2 saturated heterocycles. The Morgan fingerprint density at radius 2 is 1.76 bits per heavy atom. The predicted octanol–water partition coefficient (Wildman–Crippen LogP) is 1.78. The Hall–Kier alpha value is -2.21. The number of piperidine rings is 1. The molecule has 0 spiro atoms. The molecule has 0 aliphatic carbocycles. The number of carbonyl (C=O) groups excluding carboxylic acids is 2. The summed E-state index contributed by atoms with van der Waals surface area (Å²) in [6.45, 7) is 2.27.